The molecule has 7 heteroatoms. The Labute approximate surface area is 135 Å². The average Bonchev–Trinajstić information content (AvgIpc) is 2.90. The van der Waals surface area contributed by atoms with Crippen molar-refractivity contribution in [2.75, 3.05) is 26.2 Å². The van der Waals surface area contributed by atoms with Gasteiger partial charge in [-0.2, -0.15) is 13.2 Å². The monoisotopic (exact) mass is 333 g/mol. The maximum Gasteiger partial charge on any atom is 0.406 e. The van der Waals surface area contributed by atoms with E-state index in [9.17, 15) is 18.0 Å². The second kappa shape index (κ2) is 6.24. The summed E-state index contributed by atoms with van der Waals surface area (Å²) < 4.78 is 37.7. The van der Waals surface area contributed by atoms with Crippen molar-refractivity contribution in [2.45, 2.75) is 69.9 Å². The Morgan fingerprint density at radius 3 is 2.43 bits per heavy atom. The Balaban J connectivity index is 1.66. The summed E-state index contributed by atoms with van der Waals surface area (Å²) in [6.45, 7) is 5.15. The van der Waals surface area contributed by atoms with Crippen LogP contribution in [0.1, 0.15) is 39.5 Å². The molecule has 3 aliphatic heterocycles. The molecule has 0 spiro atoms. The van der Waals surface area contributed by atoms with Crippen molar-refractivity contribution < 1.29 is 18.0 Å². The molecule has 0 unspecified atom stereocenters. The number of rotatable bonds is 3. The third-order valence-electron chi connectivity index (χ3n) is 5.55. The second-order valence-electron chi connectivity index (χ2n) is 7.39. The largest absolute Gasteiger partial charge is 0.406 e. The van der Waals surface area contributed by atoms with Crippen LogP contribution in [0.15, 0.2) is 0 Å². The third kappa shape index (κ3) is 3.50. The molecule has 0 radical (unpaired) electrons. The first-order valence-electron chi connectivity index (χ1n) is 8.63. The van der Waals surface area contributed by atoms with E-state index < -0.39 is 12.7 Å². The van der Waals surface area contributed by atoms with Gasteiger partial charge in [0.2, 0.25) is 5.91 Å². The Kier molecular flexibility index (Phi) is 4.62. The molecular weight excluding hydrogens is 307 g/mol. The maximum absolute atomic E-state index is 12.6. The molecule has 0 saturated carbocycles. The minimum absolute atomic E-state index is 0.224. The van der Waals surface area contributed by atoms with Crippen LogP contribution in [-0.4, -0.2) is 77.1 Å². The molecule has 0 aromatic carbocycles. The van der Waals surface area contributed by atoms with Crippen LogP contribution >= 0.6 is 0 Å². The summed E-state index contributed by atoms with van der Waals surface area (Å²) in [7, 11) is 0. The van der Waals surface area contributed by atoms with Crippen molar-refractivity contribution in [3.05, 3.63) is 0 Å². The zero-order chi connectivity index (χ0) is 16.8. The second-order valence-corrected chi connectivity index (χ2v) is 7.39. The van der Waals surface area contributed by atoms with E-state index in [-0.39, 0.29) is 18.5 Å². The predicted molar refractivity (Wildman–Crippen MR) is 81.0 cm³/mol. The maximum atomic E-state index is 12.6. The number of carbonyl (C=O) groups excluding carboxylic acids is 1. The Morgan fingerprint density at radius 1 is 1.09 bits per heavy atom. The van der Waals surface area contributed by atoms with E-state index in [0.29, 0.717) is 24.5 Å². The van der Waals surface area contributed by atoms with E-state index in [1.165, 1.54) is 6.42 Å². The van der Waals surface area contributed by atoms with Crippen molar-refractivity contribution in [1.29, 1.82) is 0 Å². The Bertz CT molecular complexity index is 454. The first kappa shape index (κ1) is 17.0. The minimum atomic E-state index is -4.31. The van der Waals surface area contributed by atoms with Gasteiger partial charge in [0.05, 0.1) is 6.04 Å². The van der Waals surface area contributed by atoms with Gasteiger partial charge in [0.1, 0.15) is 6.54 Å². The molecular formula is C16H26F3N3O. The predicted octanol–water partition coefficient (Wildman–Crippen LogP) is 2.10. The SMILES string of the molecule is CC(C)N1[C@H]2CC[C@H]1CN([C@@H]1CCN(CC(F)(F)F)C1=O)CC2. The summed E-state index contributed by atoms with van der Waals surface area (Å²) in [4.78, 5) is 18.1. The standard InChI is InChI=1S/C16H26F3N3O/c1-11(2)22-12-3-4-13(22)9-20(7-5-12)14-6-8-21(15(14)23)10-16(17,18)19/h11-14H,3-10H2,1-2H3/t12-,13-,14+/m0/s1. The number of carbonyl (C=O) groups is 1. The van der Waals surface area contributed by atoms with Crippen LogP contribution in [0.5, 0.6) is 0 Å². The van der Waals surface area contributed by atoms with Gasteiger partial charge >= 0.3 is 6.18 Å². The van der Waals surface area contributed by atoms with Crippen molar-refractivity contribution in [1.82, 2.24) is 14.7 Å². The number of hydrogen-bond acceptors (Lipinski definition) is 3. The van der Waals surface area contributed by atoms with Crippen LogP contribution in [0.2, 0.25) is 0 Å². The van der Waals surface area contributed by atoms with Gasteiger partial charge in [-0.25, -0.2) is 0 Å². The summed E-state index contributed by atoms with van der Waals surface area (Å²) >= 11 is 0. The number of likely N-dealkylation sites (tertiary alicyclic amines) is 2. The van der Waals surface area contributed by atoms with E-state index >= 15 is 0 Å². The molecule has 4 nitrogen and oxygen atoms in total. The van der Waals surface area contributed by atoms with Crippen LogP contribution in [0.3, 0.4) is 0 Å². The molecule has 3 saturated heterocycles. The van der Waals surface area contributed by atoms with Crippen LogP contribution < -0.4 is 0 Å². The highest BCUT2D eigenvalue weighted by Crippen LogP contribution is 2.34. The minimum Gasteiger partial charge on any atom is -0.332 e. The average molecular weight is 333 g/mol. The van der Waals surface area contributed by atoms with Gasteiger partial charge in [-0.15, -0.1) is 0 Å². The van der Waals surface area contributed by atoms with Gasteiger partial charge in [-0.05, 0) is 39.5 Å². The van der Waals surface area contributed by atoms with Gasteiger partial charge in [0.25, 0.3) is 0 Å². The van der Waals surface area contributed by atoms with Crippen molar-refractivity contribution in [2.24, 2.45) is 0 Å². The zero-order valence-electron chi connectivity index (χ0n) is 13.9. The number of nitrogens with zero attached hydrogens (tertiary/aromatic N) is 3. The topological polar surface area (TPSA) is 26.8 Å². The smallest absolute Gasteiger partial charge is 0.332 e. The fourth-order valence-corrected chi connectivity index (χ4v) is 4.70. The number of alkyl halides is 3. The first-order chi connectivity index (χ1) is 10.8. The van der Waals surface area contributed by atoms with Gasteiger partial charge < -0.3 is 4.90 Å². The van der Waals surface area contributed by atoms with Crippen LogP contribution in [-0.2, 0) is 4.79 Å². The summed E-state index contributed by atoms with van der Waals surface area (Å²) in [5.74, 6) is -0.337. The molecule has 0 aromatic rings. The molecule has 0 aromatic heterocycles. The third-order valence-corrected chi connectivity index (χ3v) is 5.55. The quantitative estimate of drug-likeness (QED) is 0.791. The molecule has 1 amide bonds. The van der Waals surface area contributed by atoms with Gasteiger partial charge in [0, 0.05) is 37.8 Å². The molecule has 132 valence electrons. The number of amides is 1. The lowest BCUT2D eigenvalue weighted by Crippen LogP contribution is -2.48. The highest BCUT2D eigenvalue weighted by atomic mass is 19.4. The molecule has 3 fully saturated rings. The summed E-state index contributed by atoms with van der Waals surface area (Å²) in [6.07, 6.45) is -0.440. The number of hydrogen-bond donors (Lipinski definition) is 0. The summed E-state index contributed by atoms with van der Waals surface area (Å²) in [5, 5.41) is 0. The lowest BCUT2D eigenvalue weighted by molar-refractivity contribution is -0.159. The van der Waals surface area contributed by atoms with Crippen molar-refractivity contribution in [3.63, 3.8) is 0 Å². The molecule has 0 N–H and O–H groups in total. The van der Waals surface area contributed by atoms with Crippen LogP contribution in [0.25, 0.3) is 0 Å². The van der Waals surface area contributed by atoms with Crippen molar-refractivity contribution in [3.8, 4) is 0 Å². The van der Waals surface area contributed by atoms with Crippen LogP contribution in [0, 0.1) is 0 Å². The van der Waals surface area contributed by atoms with Gasteiger partial charge in [-0.1, -0.05) is 0 Å². The normalized spacial score (nSPS) is 33.7. The first-order valence-corrected chi connectivity index (χ1v) is 8.63. The highest BCUT2D eigenvalue weighted by Gasteiger charge is 2.45. The molecule has 0 aliphatic carbocycles. The summed E-state index contributed by atoms with van der Waals surface area (Å²) in [5.41, 5.74) is 0. The van der Waals surface area contributed by atoms with E-state index in [1.807, 2.05) is 0 Å². The highest BCUT2D eigenvalue weighted by molar-refractivity contribution is 5.84. The van der Waals surface area contributed by atoms with Crippen molar-refractivity contribution >= 4 is 5.91 Å². The molecule has 3 aliphatic rings. The van der Waals surface area contributed by atoms with E-state index in [2.05, 4.69) is 23.6 Å². The van der Waals surface area contributed by atoms with Crippen LogP contribution in [0.4, 0.5) is 13.2 Å². The molecule has 23 heavy (non-hydrogen) atoms. The van der Waals surface area contributed by atoms with E-state index in [1.54, 1.807) is 0 Å². The number of halogens is 3. The fourth-order valence-electron chi connectivity index (χ4n) is 4.70. The fraction of sp³-hybridized carbons (Fsp3) is 0.938. The van der Waals surface area contributed by atoms with E-state index in [0.717, 1.165) is 30.8 Å². The number of fused-ring (bicyclic) bond motifs is 2. The lowest BCUT2D eigenvalue weighted by Gasteiger charge is -2.33. The summed E-state index contributed by atoms with van der Waals surface area (Å²) in [6, 6.07) is 1.12. The molecule has 3 atom stereocenters. The molecule has 3 heterocycles. The molecule has 2 bridgehead atoms. The van der Waals surface area contributed by atoms with E-state index in [4.69, 9.17) is 0 Å². The Morgan fingerprint density at radius 2 is 1.78 bits per heavy atom. The molecule has 3 rings (SSSR count). The van der Waals surface area contributed by atoms with Gasteiger partial charge in [-0.3, -0.25) is 14.6 Å². The van der Waals surface area contributed by atoms with Gasteiger partial charge in [0.15, 0.2) is 0 Å². The Hall–Kier alpha value is -0.820. The lowest BCUT2D eigenvalue weighted by atomic mass is 10.1. The zero-order valence-corrected chi connectivity index (χ0v) is 13.9.